The second kappa shape index (κ2) is 4.19. The van der Waals surface area contributed by atoms with Gasteiger partial charge >= 0.3 is 0 Å². The molecule has 0 spiro atoms. The predicted octanol–water partition coefficient (Wildman–Crippen LogP) is 2.14. The highest BCUT2D eigenvalue weighted by Crippen LogP contribution is 2.51. The molecule has 2 rings (SSSR count). The molecule has 0 amide bonds. The topological polar surface area (TPSA) is 12.5 Å². The van der Waals surface area contributed by atoms with Crippen LogP contribution in [0.25, 0.3) is 0 Å². The molecule has 2 heteroatoms. The van der Waals surface area contributed by atoms with Crippen molar-refractivity contribution < 1.29 is 4.74 Å². The summed E-state index contributed by atoms with van der Waals surface area (Å²) in [4.78, 5) is 2.60. The molecule has 1 heterocycles. The van der Waals surface area contributed by atoms with Crippen LogP contribution >= 0.6 is 0 Å². The first kappa shape index (κ1) is 10.4. The Bertz CT molecular complexity index is 181. The Labute approximate surface area is 87.6 Å². The summed E-state index contributed by atoms with van der Waals surface area (Å²) in [7, 11) is 0. The van der Waals surface area contributed by atoms with Gasteiger partial charge in [0.05, 0.1) is 13.2 Å². The monoisotopic (exact) mass is 197 g/mol. The first-order valence-electron chi connectivity index (χ1n) is 6.00. The Morgan fingerprint density at radius 3 is 2.36 bits per heavy atom. The third kappa shape index (κ3) is 2.71. The molecule has 1 aliphatic carbocycles. The molecule has 0 aromatic rings. The average molecular weight is 197 g/mol. The SMILES string of the molecule is CC(C)CC1(CN2CCOCC2)CC1. The molecule has 2 nitrogen and oxygen atoms in total. The maximum atomic E-state index is 5.37. The Morgan fingerprint density at radius 2 is 1.86 bits per heavy atom. The first-order chi connectivity index (χ1) is 6.70. The summed E-state index contributed by atoms with van der Waals surface area (Å²) in [6.45, 7) is 10.2. The number of morpholine rings is 1. The van der Waals surface area contributed by atoms with Gasteiger partial charge in [-0.3, -0.25) is 4.90 Å². The van der Waals surface area contributed by atoms with Crippen LogP contribution in [0.2, 0.25) is 0 Å². The molecule has 0 atom stereocenters. The highest BCUT2D eigenvalue weighted by molar-refractivity contribution is 4.96. The zero-order valence-corrected chi connectivity index (χ0v) is 9.59. The molecule has 14 heavy (non-hydrogen) atoms. The molecule has 0 radical (unpaired) electrons. The fourth-order valence-corrected chi connectivity index (χ4v) is 2.70. The maximum absolute atomic E-state index is 5.37. The van der Waals surface area contributed by atoms with Crippen LogP contribution in [0.5, 0.6) is 0 Å². The summed E-state index contributed by atoms with van der Waals surface area (Å²) in [5.74, 6) is 0.860. The van der Waals surface area contributed by atoms with Gasteiger partial charge in [0.25, 0.3) is 0 Å². The van der Waals surface area contributed by atoms with E-state index in [0.29, 0.717) is 5.41 Å². The molecule has 0 bridgehead atoms. The van der Waals surface area contributed by atoms with Crippen molar-refractivity contribution in [3.05, 3.63) is 0 Å². The molecular formula is C12H23NO. The smallest absolute Gasteiger partial charge is 0.0594 e. The van der Waals surface area contributed by atoms with E-state index in [9.17, 15) is 0 Å². The minimum absolute atomic E-state index is 0.700. The predicted molar refractivity (Wildman–Crippen MR) is 58.4 cm³/mol. The van der Waals surface area contributed by atoms with E-state index < -0.39 is 0 Å². The van der Waals surface area contributed by atoms with E-state index in [-0.39, 0.29) is 0 Å². The molecule has 1 saturated heterocycles. The second-order valence-electron chi connectivity index (χ2n) is 5.49. The van der Waals surface area contributed by atoms with E-state index in [2.05, 4.69) is 18.7 Å². The zero-order valence-electron chi connectivity index (χ0n) is 9.59. The van der Waals surface area contributed by atoms with Crippen molar-refractivity contribution >= 4 is 0 Å². The van der Waals surface area contributed by atoms with Gasteiger partial charge in [0.1, 0.15) is 0 Å². The second-order valence-corrected chi connectivity index (χ2v) is 5.49. The molecular weight excluding hydrogens is 174 g/mol. The molecule has 82 valence electrons. The number of ether oxygens (including phenoxy) is 1. The van der Waals surface area contributed by atoms with Crippen molar-refractivity contribution in [1.29, 1.82) is 0 Å². The van der Waals surface area contributed by atoms with Crippen LogP contribution in [0.3, 0.4) is 0 Å². The van der Waals surface area contributed by atoms with Crippen molar-refractivity contribution in [2.24, 2.45) is 11.3 Å². The highest BCUT2D eigenvalue weighted by atomic mass is 16.5. The maximum Gasteiger partial charge on any atom is 0.0594 e. The molecule has 1 aliphatic heterocycles. The summed E-state index contributed by atoms with van der Waals surface area (Å²) in [5, 5.41) is 0. The fraction of sp³-hybridized carbons (Fsp3) is 1.00. The van der Waals surface area contributed by atoms with Gasteiger partial charge in [-0.15, -0.1) is 0 Å². The van der Waals surface area contributed by atoms with Crippen LogP contribution in [0.4, 0.5) is 0 Å². The van der Waals surface area contributed by atoms with E-state index in [1.54, 1.807) is 0 Å². The molecule has 2 fully saturated rings. The van der Waals surface area contributed by atoms with E-state index >= 15 is 0 Å². The lowest BCUT2D eigenvalue weighted by molar-refractivity contribution is 0.0266. The molecule has 0 N–H and O–H groups in total. The first-order valence-corrected chi connectivity index (χ1v) is 6.00. The summed E-state index contributed by atoms with van der Waals surface area (Å²) in [5.41, 5.74) is 0.700. The van der Waals surface area contributed by atoms with Crippen LogP contribution < -0.4 is 0 Å². The van der Waals surface area contributed by atoms with Gasteiger partial charge in [-0.1, -0.05) is 13.8 Å². The normalized spacial score (nSPS) is 26.8. The Kier molecular flexibility index (Phi) is 3.13. The van der Waals surface area contributed by atoms with Crippen LogP contribution in [-0.4, -0.2) is 37.7 Å². The lowest BCUT2D eigenvalue weighted by atomic mass is 9.93. The molecule has 0 aromatic carbocycles. The third-order valence-corrected chi connectivity index (χ3v) is 3.46. The molecule has 2 aliphatic rings. The van der Waals surface area contributed by atoms with Crippen LogP contribution in [0.15, 0.2) is 0 Å². The van der Waals surface area contributed by atoms with Crippen molar-refractivity contribution in [2.75, 3.05) is 32.8 Å². The number of hydrogen-bond donors (Lipinski definition) is 0. The van der Waals surface area contributed by atoms with E-state index in [0.717, 1.165) is 32.2 Å². The number of rotatable bonds is 4. The fourth-order valence-electron chi connectivity index (χ4n) is 2.70. The van der Waals surface area contributed by atoms with E-state index in [1.807, 2.05) is 0 Å². The largest absolute Gasteiger partial charge is 0.379 e. The lowest BCUT2D eigenvalue weighted by Gasteiger charge is -2.31. The van der Waals surface area contributed by atoms with Gasteiger partial charge in [-0.25, -0.2) is 0 Å². The minimum atomic E-state index is 0.700. The highest BCUT2D eigenvalue weighted by Gasteiger charge is 2.43. The lowest BCUT2D eigenvalue weighted by Crippen LogP contribution is -2.40. The van der Waals surface area contributed by atoms with Crippen LogP contribution in [-0.2, 0) is 4.74 Å². The van der Waals surface area contributed by atoms with Gasteiger partial charge in [0.15, 0.2) is 0 Å². The van der Waals surface area contributed by atoms with Crippen LogP contribution in [0.1, 0.15) is 33.1 Å². The standard InChI is InChI=1S/C12H23NO/c1-11(2)9-12(3-4-12)10-13-5-7-14-8-6-13/h11H,3-10H2,1-2H3. The van der Waals surface area contributed by atoms with Crippen molar-refractivity contribution in [3.8, 4) is 0 Å². The van der Waals surface area contributed by atoms with Crippen molar-refractivity contribution in [3.63, 3.8) is 0 Å². The van der Waals surface area contributed by atoms with Gasteiger partial charge < -0.3 is 4.74 Å². The van der Waals surface area contributed by atoms with Gasteiger partial charge in [0, 0.05) is 19.6 Å². The van der Waals surface area contributed by atoms with Crippen LogP contribution in [0, 0.1) is 11.3 Å². The quantitative estimate of drug-likeness (QED) is 0.684. The summed E-state index contributed by atoms with van der Waals surface area (Å²) < 4.78 is 5.37. The Morgan fingerprint density at radius 1 is 1.21 bits per heavy atom. The Hall–Kier alpha value is -0.0800. The Balaban J connectivity index is 1.77. The summed E-state index contributed by atoms with van der Waals surface area (Å²) in [6.07, 6.45) is 4.34. The average Bonchev–Trinajstić information content (AvgIpc) is 2.85. The number of nitrogens with zero attached hydrogens (tertiary/aromatic N) is 1. The van der Waals surface area contributed by atoms with Gasteiger partial charge in [-0.2, -0.15) is 0 Å². The third-order valence-electron chi connectivity index (χ3n) is 3.46. The zero-order chi connectivity index (χ0) is 10.0. The van der Waals surface area contributed by atoms with Crippen molar-refractivity contribution in [1.82, 2.24) is 4.90 Å². The summed E-state index contributed by atoms with van der Waals surface area (Å²) >= 11 is 0. The van der Waals surface area contributed by atoms with E-state index in [4.69, 9.17) is 4.74 Å². The summed E-state index contributed by atoms with van der Waals surface area (Å²) in [6, 6.07) is 0. The van der Waals surface area contributed by atoms with Gasteiger partial charge in [-0.05, 0) is 30.6 Å². The molecule has 1 saturated carbocycles. The van der Waals surface area contributed by atoms with Gasteiger partial charge in [0.2, 0.25) is 0 Å². The minimum Gasteiger partial charge on any atom is -0.379 e. The molecule has 0 unspecified atom stereocenters. The van der Waals surface area contributed by atoms with Crippen molar-refractivity contribution in [2.45, 2.75) is 33.1 Å². The molecule has 0 aromatic heterocycles. The van der Waals surface area contributed by atoms with E-state index in [1.165, 1.54) is 25.8 Å². The number of hydrogen-bond acceptors (Lipinski definition) is 2.